The van der Waals surface area contributed by atoms with Crippen molar-refractivity contribution >= 4 is 39.0 Å². The Morgan fingerprint density at radius 2 is 0.848 bits per heavy atom. The average molecular weight is 592 g/mol. The quantitative estimate of drug-likeness (QED) is 0.175. The molecule has 0 aliphatic carbocycles. The fraction of sp³-hybridized carbons (Fsp3) is 0.0455. The molecule has 1 heterocycles. The van der Waals surface area contributed by atoms with E-state index in [0.29, 0.717) is 0 Å². The monoisotopic (exact) mass is 591 g/mol. The Kier molecular flexibility index (Phi) is 7.38. The highest BCUT2D eigenvalue weighted by molar-refractivity contribution is 6.13. The van der Waals surface area contributed by atoms with Crippen LogP contribution >= 0.6 is 0 Å². The molecule has 2 nitrogen and oxygen atoms in total. The minimum atomic E-state index is 0.0220. The van der Waals surface area contributed by atoms with Gasteiger partial charge in [0.15, 0.2) is 0 Å². The van der Waals surface area contributed by atoms with E-state index in [4.69, 9.17) is 4.42 Å². The summed E-state index contributed by atoms with van der Waals surface area (Å²) in [5.74, 6) is 0.0998. The van der Waals surface area contributed by atoms with Gasteiger partial charge in [0.1, 0.15) is 11.2 Å². The van der Waals surface area contributed by atoms with Gasteiger partial charge in [-0.1, -0.05) is 152 Å². The first kappa shape index (κ1) is 27.7. The van der Waals surface area contributed by atoms with Crippen molar-refractivity contribution in [1.29, 1.82) is 0 Å². The van der Waals surface area contributed by atoms with Gasteiger partial charge in [0, 0.05) is 28.6 Å². The Morgan fingerprint density at radius 1 is 0.370 bits per heavy atom. The highest BCUT2D eigenvalue weighted by Gasteiger charge is 2.32. The van der Waals surface area contributed by atoms with Crippen LogP contribution in [0.3, 0.4) is 0 Å². The SMILES string of the molecule is c1ccc(C(c2ccccc2)C(c2ccccc2)c2ccccc2N(c2ccccc2)c2cccc3oc4ccccc4c23)cc1. The fourth-order valence-corrected chi connectivity index (χ4v) is 6.99. The summed E-state index contributed by atoms with van der Waals surface area (Å²) in [6, 6.07) is 67.2. The lowest BCUT2D eigenvalue weighted by atomic mass is 9.73. The zero-order valence-electron chi connectivity index (χ0n) is 25.4. The van der Waals surface area contributed by atoms with Crippen LogP contribution in [-0.4, -0.2) is 0 Å². The van der Waals surface area contributed by atoms with E-state index in [1.807, 2.05) is 6.07 Å². The largest absolute Gasteiger partial charge is 0.456 e. The van der Waals surface area contributed by atoms with Gasteiger partial charge in [-0.05, 0) is 58.7 Å². The van der Waals surface area contributed by atoms with E-state index in [-0.39, 0.29) is 11.8 Å². The first-order valence-corrected chi connectivity index (χ1v) is 15.9. The summed E-state index contributed by atoms with van der Waals surface area (Å²) in [4.78, 5) is 2.42. The molecule has 0 saturated heterocycles. The van der Waals surface area contributed by atoms with E-state index < -0.39 is 0 Å². The fourth-order valence-electron chi connectivity index (χ4n) is 6.99. The van der Waals surface area contributed by atoms with Gasteiger partial charge in [0.25, 0.3) is 0 Å². The Labute approximate surface area is 269 Å². The van der Waals surface area contributed by atoms with E-state index in [9.17, 15) is 0 Å². The maximum Gasteiger partial charge on any atom is 0.137 e. The van der Waals surface area contributed by atoms with Crippen molar-refractivity contribution in [3.8, 4) is 0 Å². The lowest BCUT2D eigenvalue weighted by Crippen LogP contribution is -2.19. The van der Waals surface area contributed by atoms with E-state index in [1.165, 1.54) is 22.3 Å². The maximum atomic E-state index is 6.39. The zero-order valence-corrected chi connectivity index (χ0v) is 25.4. The average Bonchev–Trinajstić information content (AvgIpc) is 3.52. The molecule has 0 amide bonds. The molecule has 0 aliphatic rings. The van der Waals surface area contributed by atoms with Gasteiger partial charge in [-0.3, -0.25) is 0 Å². The van der Waals surface area contributed by atoms with Gasteiger partial charge in [-0.15, -0.1) is 0 Å². The molecule has 0 N–H and O–H groups in total. The van der Waals surface area contributed by atoms with Gasteiger partial charge in [-0.25, -0.2) is 0 Å². The molecular formula is C44H33NO. The molecular weight excluding hydrogens is 558 g/mol. The van der Waals surface area contributed by atoms with Crippen molar-refractivity contribution < 1.29 is 4.42 Å². The second-order valence-corrected chi connectivity index (χ2v) is 11.7. The molecule has 0 radical (unpaired) electrons. The van der Waals surface area contributed by atoms with Crippen molar-refractivity contribution in [3.63, 3.8) is 0 Å². The summed E-state index contributed by atoms with van der Waals surface area (Å²) in [5.41, 5.74) is 10.2. The van der Waals surface area contributed by atoms with Gasteiger partial charge >= 0.3 is 0 Å². The first-order chi connectivity index (χ1) is 22.9. The zero-order chi connectivity index (χ0) is 30.7. The standard InChI is InChI=1S/C44H33NO/c1-5-18-32(19-6-1)42(33-20-7-2-8-21-33)43(34-22-9-3-10-23-34)36-26-13-15-28-38(36)45(35-24-11-4-12-25-35)39-29-17-31-41-44(39)37-27-14-16-30-40(37)46-41/h1-31,42-43H. The number of furan rings is 1. The molecule has 8 rings (SSSR count). The highest BCUT2D eigenvalue weighted by atomic mass is 16.3. The molecule has 1 unspecified atom stereocenters. The number of benzene rings is 7. The van der Waals surface area contributed by atoms with Crippen LogP contribution in [0.2, 0.25) is 0 Å². The van der Waals surface area contributed by atoms with Crippen molar-refractivity contribution in [3.05, 3.63) is 210 Å². The number of hydrogen-bond acceptors (Lipinski definition) is 2. The number of fused-ring (bicyclic) bond motifs is 3. The smallest absolute Gasteiger partial charge is 0.137 e. The minimum Gasteiger partial charge on any atom is -0.456 e. The van der Waals surface area contributed by atoms with Crippen molar-refractivity contribution in [2.75, 3.05) is 4.90 Å². The normalized spacial score (nSPS) is 12.0. The third-order valence-corrected chi connectivity index (χ3v) is 8.96. The molecule has 8 aromatic rings. The summed E-state index contributed by atoms with van der Waals surface area (Å²) in [6.07, 6.45) is 0. The predicted octanol–water partition coefficient (Wildman–Crippen LogP) is 12.0. The minimum absolute atomic E-state index is 0.0220. The van der Waals surface area contributed by atoms with E-state index in [0.717, 1.165) is 39.0 Å². The van der Waals surface area contributed by atoms with Gasteiger partial charge in [0.2, 0.25) is 0 Å². The Hall–Kier alpha value is -5.86. The van der Waals surface area contributed by atoms with Crippen LogP contribution in [0.5, 0.6) is 0 Å². The van der Waals surface area contributed by atoms with Crippen molar-refractivity contribution in [2.45, 2.75) is 11.8 Å². The highest BCUT2D eigenvalue weighted by Crippen LogP contribution is 2.50. The third-order valence-electron chi connectivity index (χ3n) is 8.96. The summed E-state index contributed by atoms with van der Waals surface area (Å²) in [5, 5.41) is 2.22. The molecule has 0 bridgehead atoms. The first-order valence-electron chi connectivity index (χ1n) is 15.9. The number of para-hydroxylation sites is 3. The van der Waals surface area contributed by atoms with Gasteiger partial charge < -0.3 is 9.32 Å². The molecule has 220 valence electrons. The van der Waals surface area contributed by atoms with E-state index >= 15 is 0 Å². The van der Waals surface area contributed by atoms with Gasteiger partial charge in [-0.2, -0.15) is 0 Å². The molecule has 0 spiro atoms. The Balaban J connectivity index is 1.43. The molecule has 0 aliphatic heterocycles. The topological polar surface area (TPSA) is 16.4 Å². The summed E-state index contributed by atoms with van der Waals surface area (Å²) >= 11 is 0. The van der Waals surface area contributed by atoms with Crippen LogP contribution in [0, 0.1) is 0 Å². The molecule has 0 fully saturated rings. The lowest BCUT2D eigenvalue weighted by Gasteiger charge is -2.34. The number of hydrogen-bond donors (Lipinski definition) is 0. The summed E-state index contributed by atoms with van der Waals surface area (Å²) in [6.45, 7) is 0. The van der Waals surface area contributed by atoms with E-state index in [1.54, 1.807) is 0 Å². The Morgan fingerprint density at radius 3 is 1.50 bits per heavy atom. The second-order valence-electron chi connectivity index (χ2n) is 11.7. The summed E-state index contributed by atoms with van der Waals surface area (Å²) in [7, 11) is 0. The third kappa shape index (κ3) is 5.04. The number of anilines is 3. The van der Waals surface area contributed by atoms with Crippen molar-refractivity contribution in [2.24, 2.45) is 0 Å². The van der Waals surface area contributed by atoms with Crippen molar-refractivity contribution in [1.82, 2.24) is 0 Å². The molecule has 46 heavy (non-hydrogen) atoms. The number of rotatable bonds is 8. The molecule has 1 aromatic heterocycles. The molecule has 1 atom stereocenters. The lowest BCUT2D eigenvalue weighted by molar-refractivity contribution is 0.669. The molecule has 0 saturated carbocycles. The predicted molar refractivity (Wildman–Crippen MR) is 191 cm³/mol. The van der Waals surface area contributed by atoms with Crippen LogP contribution in [0.15, 0.2) is 192 Å². The van der Waals surface area contributed by atoms with Gasteiger partial charge in [0.05, 0.1) is 11.1 Å². The molecule has 7 aromatic carbocycles. The van der Waals surface area contributed by atoms with Crippen LogP contribution in [0.25, 0.3) is 21.9 Å². The van der Waals surface area contributed by atoms with Crippen LogP contribution in [0.1, 0.15) is 34.1 Å². The summed E-state index contributed by atoms with van der Waals surface area (Å²) < 4.78 is 6.39. The maximum absolute atomic E-state index is 6.39. The van der Waals surface area contributed by atoms with Crippen LogP contribution < -0.4 is 4.90 Å². The van der Waals surface area contributed by atoms with E-state index in [2.05, 4.69) is 187 Å². The number of nitrogens with zero attached hydrogens (tertiary/aromatic N) is 1. The Bertz CT molecular complexity index is 2170. The molecule has 2 heteroatoms. The van der Waals surface area contributed by atoms with Crippen LogP contribution in [0.4, 0.5) is 17.1 Å². The van der Waals surface area contributed by atoms with Crippen LogP contribution in [-0.2, 0) is 0 Å². The second kappa shape index (κ2) is 12.3.